The fraction of sp³-hybridized carbons (Fsp3) is 0.778. The van der Waals surface area contributed by atoms with Gasteiger partial charge < -0.3 is 18.9 Å². The zero-order valence-corrected chi connectivity index (χ0v) is 16.9. The van der Waals surface area contributed by atoms with Crippen molar-refractivity contribution >= 4 is 5.91 Å². The molecule has 26 heavy (non-hydrogen) atoms. The van der Waals surface area contributed by atoms with E-state index in [9.17, 15) is 4.79 Å². The average Bonchev–Trinajstić information content (AvgIpc) is 2.62. The van der Waals surface area contributed by atoms with E-state index in [-0.39, 0.29) is 25.4 Å². The molecule has 0 aromatic heterocycles. The topological polar surface area (TPSA) is 90.2 Å². The zero-order valence-electron chi connectivity index (χ0n) is 16.9. The summed E-state index contributed by atoms with van der Waals surface area (Å²) < 4.78 is 21.7. The highest BCUT2D eigenvalue weighted by atomic mass is 16.7. The first-order valence-electron chi connectivity index (χ1n) is 8.35. The summed E-state index contributed by atoms with van der Waals surface area (Å²) in [5.74, 6) is -0.530. The fourth-order valence-corrected chi connectivity index (χ4v) is 2.35. The number of methoxy groups -OCH3 is 2. The predicted molar refractivity (Wildman–Crippen MR) is 95.6 cm³/mol. The van der Waals surface area contributed by atoms with Crippen molar-refractivity contribution in [2.45, 2.75) is 39.4 Å². The highest BCUT2D eigenvalue weighted by Crippen LogP contribution is 2.32. The number of nitriles is 1. The molecule has 8 heteroatoms. The Bertz CT molecular complexity index is 475. The van der Waals surface area contributed by atoms with Crippen molar-refractivity contribution in [3.63, 3.8) is 0 Å². The van der Waals surface area contributed by atoms with Crippen molar-refractivity contribution in [1.29, 1.82) is 5.26 Å². The number of ether oxygens (including phenoxy) is 4. The summed E-state index contributed by atoms with van der Waals surface area (Å²) in [5, 5.41) is 10.3. The van der Waals surface area contributed by atoms with Gasteiger partial charge in [-0.15, -0.1) is 0 Å². The largest absolute Gasteiger partial charge is 0.359 e. The molecular weight excluding hydrogens is 340 g/mol. The molecule has 8 nitrogen and oxygen atoms in total. The molecule has 1 amide bonds. The SMILES string of the molecule is COCO[C@@H](CC(C)C#N)[C@@H](OCOC)C(C)(C)/C=C/C(=O)N(C)OC. The van der Waals surface area contributed by atoms with Crippen molar-refractivity contribution in [2.75, 3.05) is 42.0 Å². The van der Waals surface area contributed by atoms with Gasteiger partial charge in [-0.05, 0) is 13.3 Å². The predicted octanol–water partition coefficient (Wildman–Crippen LogP) is 2.12. The number of carbonyl (C=O) groups excluding carboxylic acids is 1. The van der Waals surface area contributed by atoms with Crippen LogP contribution in [0, 0.1) is 22.7 Å². The number of hydrogen-bond donors (Lipinski definition) is 0. The molecule has 0 aromatic carbocycles. The summed E-state index contributed by atoms with van der Waals surface area (Å²) in [6.07, 6.45) is 2.73. The molecule has 0 aliphatic heterocycles. The molecular formula is C18H32N2O6. The van der Waals surface area contributed by atoms with Crippen LogP contribution in [0.5, 0.6) is 0 Å². The third kappa shape index (κ3) is 8.74. The molecule has 0 aliphatic carbocycles. The van der Waals surface area contributed by atoms with Crippen molar-refractivity contribution < 1.29 is 28.6 Å². The number of hydroxylamine groups is 2. The van der Waals surface area contributed by atoms with Gasteiger partial charge in [0.2, 0.25) is 0 Å². The maximum absolute atomic E-state index is 12.0. The van der Waals surface area contributed by atoms with E-state index in [1.807, 2.05) is 20.8 Å². The van der Waals surface area contributed by atoms with Gasteiger partial charge in [-0.3, -0.25) is 9.63 Å². The quantitative estimate of drug-likeness (QED) is 0.278. The zero-order chi connectivity index (χ0) is 20.2. The molecule has 0 bridgehead atoms. The van der Waals surface area contributed by atoms with Gasteiger partial charge in [-0.2, -0.15) is 5.26 Å². The van der Waals surface area contributed by atoms with E-state index in [0.717, 1.165) is 5.06 Å². The van der Waals surface area contributed by atoms with Gasteiger partial charge in [-0.1, -0.05) is 19.9 Å². The Kier molecular flexibility index (Phi) is 12.1. The minimum Gasteiger partial charge on any atom is -0.359 e. The number of amides is 1. The summed E-state index contributed by atoms with van der Waals surface area (Å²) in [6.45, 7) is 5.78. The van der Waals surface area contributed by atoms with Crippen LogP contribution in [0.2, 0.25) is 0 Å². The Hall–Kier alpha value is -1.50. The average molecular weight is 372 g/mol. The molecule has 0 aliphatic rings. The van der Waals surface area contributed by atoms with Crippen LogP contribution in [0.4, 0.5) is 0 Å². The number of nitrogens with zero attached hydrogens (tertiary/aromatic N) is 2. The van der Waals surface area contributed by atoms with Gasteiger partial charge in [-0.25, -0.2) is 5.06 Å². The highest BCUT2D eigenvalue weighted by molar-refractivity contribution is 5.86. The first kappa shape index (κ1) is 24.5. The normalized spacial score (nSPS) is 15.5. The van der Waals surface area contributed by atoms with Crippen molar-refractivity contribution in [2.24, 2.45) is 11.3 Å². The van der Waals surface area contributed by atoms with Gasteiger partial charge in [0.1, 0.15) is 13.6 Å². The molecule has 0 rings (SSSR count). The summed E-state index contributed by atoms with van der Waals surface area (Å²) in [7, 11) is 6.00. The molecule has 0 N–H and O–H groups in total. The molecule has 0 radical (unpaired) electrons. The smallest absolute Gasteiger partial charge is 0.269 e. The van der Waals surface area contributed by atoms with Crippen LogP contribution in [-0.4, -0.2) is 65.1 Å². The second kappa shape index (κ2) is 12.8. The molecule has 0 saturated carbocycles. The van der Waals surface area contributed by atoms with E-state index in [2.05, 4.69) is 6.07 Å². The Balaban J connectivity index is 5.50. The van der Waals surface area contributed by atoms with Crippen LogP contribution < -0.4 is 0 Å². The van der Waals surface area contributed by atoms with E-state index in [1.54, 1.807) is 6.08 Å². The van der Waals surface area contributed by atoms with Crippen molar-refractivity contribution in [3.05, 3.63) is 12.2 Å². The molecule has 150 valence electrons. The van der Waals surface area contributed by atoms with Crippen LogP contribution in [-0.2, 0) is 28.6 Å². The van der Waals surface area contributed by atoms with Crippen LogP contribution >= 0.6 is 0 Å². The summed E-state index contributed by atoms with van der Waals surface area (Å²) >= 11 is 0. The van der Waals surface area contributed by atoms with Crippen LogP contribution in [0.15, 0.2) is 12.2 Å². The second-order valence-electron chi connectivity index (χ2n) is 6.54. The Labute approximate surface area is 156 Å². The second-order valence-corrected chi connectivity index (χ2v) is 6.54. The van der Waals surface area contributed by atoms with E-state index < -0.39 is 17.6 Å². The molecule has 0 spiro atoms. The van der Waals surface area contributed by atoms with Crippen molar-refractivity contribution in [1.82, 2.24) is 5.06 Å². The minimum absolute atomic E-state index is 0.0572. The number of hydrogen-bond acceptors (Lipinski definition) is 7. The van der Waals surface area contributed by atoms with Gasteiger partial charge in [0, 0.05) is 38.7 Å². The lowest BCUT2D eigenvalue weighted by Gasteiger charge is -2.37. The molecule has 0 fully saturated rings. The van der Waals surface area contributed by atoms with Gasteiger partial charge in [0.25, 0.3) is 5.91 Å². The first-order chi connectivity index (χ1) is 12.2. The van der Waals surface area contributed by atoms with E-state index in [0.29, 0.717) is 6.42 Å². The lowest BCUT2D eigenvalue weighted by molar-refractivity contribution is -0.183. The summed E-state index contributed by atoms with van der Waals surface area (Å²) in [4.78, 5) is 16.9. The Morgan fingerprint density at radius 1 is 1.19 bits per heavy atom. The maximum Gasteiger partial charge on any atom is 0.269 e. The minimum atomic E-state index is -0.587. The van der Waals surface area contributed by atoms with Gasteiger partial charge >= 0.3 is 0 Å². The highest BCUT2D eigenvalue weighted by Gasteiger charge is 2.37. The van der Waals surface area contributed by atoms with E-state index >= 15 is 0 Å². The summed E-state index contributed by atoms with van der Waals surface area (Å²) in [6, 6.07) is 2.20. The fourth-order valence-electron chi connectivity index (χ4n) is 2.35. The van der Waals surface area contributed by atoms with Crippen LogP contribution in [0.3, 0.4) is 0 Å². The molecule has 0 aromatic rings. The lowest BCUT2D eigenvalue weighted by atomic mass is 9.80. The Morgan fingerprint density at radius 3 is 2.27 bits per heavy atom. The molecule has 1 unspecified atom stereocenters. The van der Waals surface area contributed by atoms with Crippen LogP contribution in [0.1, 0.15) is 27.2 Å². The molecule has 3 atom stereocenters. The Morgan fingerprint density at radius 2 is 1.77 bits per heavy atom. The maximum atomic E-state index is 12.0. The molecule has 0 saturated heterocycles. The monoisotopic (exact) mass is 372 g/mol. The van der Waals surface area contributed by atoms with Crippen molar-refractivity contribution in [3.8, 4) is 6.07 Å². The number of rotatable bonds is 13. The van der Waals surface area contributed by atoms with Crippen LogP contribution in [0.25, 0.3) is 0 Å². The van der Waals surface area contributed by atoms with E-state index in [1.165, 1.54) is 34.5 Å². The third-order valence-corrected chi connectivity index (χ3v) is 3.88. The number of carbonyl (C=O) groups is 1. The van der Waals surface area contributed by atoms with E-state index in [4.69, 9.17) is 29.0 Å². The van der Waals surface area contributed by atoms with Gasteiger partial charge in [0.15, 0.2) is 0 Å². The standard InChI is InChI=1S/C18H32N2O6/c1-14(11-19)10-15(25-12-22-5)17(26-13-23-6)18(2,3)9-8-16(21)20(4)24-7/h8-9,14-15,17H,10,12-13H2,1-7H3/b9-8+/t14?,15-,17+/m0/s1. The first-order valence-corrected chi connectivity index (χ1v) is 8.35. The number of likely N-dealkylation sites (N-methyl/N-ethyl adjacent to an activating group) is 1. The van der Waals surface area contributed by atoms with Gasteiger partial charge in [0.05, 0.1) is 25.4 Å². The molecule has 0 heterocycles. The third-order valence-electron chi connectivity index (χ3n) is 3.88. The lowest BCUT2D eigenvalue weighted by Crippen LogP contribution is -2.44. The summed E-state index contributed by atoms with van der Waals surface area (Å²) in [5.41, 5.74) is -0.587.